The maximum Gasteiger partial charge on any atom is 0.267 e. The van der Waals surface area contributed by atoms with Gasteiger partial charge in [-0.2, -0.15) is 0 Å². The first-order valence-electron chi connectivity index (χ1n) is 9.13. The number of rotatable bonds is 5. The van der Waals surface area contributed by atoms with Crippen molar-refractivity contribution in [2.24, 2.45) is 0 Å². The standard InChI is InChI=1S/C21H18ClN3O4S/c1-12-20(27)25(2)17-9-13(3-8-18(17)29-12)16-11-30-21(23-16)24-19(26)10-28-15-6-4-14(22)5-7-15/h3-9,11-12H,10H2,1-2H3,(H,23,24,26)/t12-/m0/s1. The Labute approximate surface area is 182 Å². The Bertz CT molecular complexity index is 1100. The number of amides is 2. The number of anilines is 2. The van der Waals surface area contributed by atoms with Crippen LogP contribution in [0.2, 0.25) is 5.02 Å². The van der Waals surface area contributed by atoms with Gasteiger partial charge in [0.2, 0.25) is 0 Å². The second-order valence-electron chi connectivity index (χ2n) is 6.67. The molecular weight excluding hydrogens is 426 g/mol. The number of nitrogens with zero attached hydrogens (tertiary/aromatic N) is 2. The van der Waals surface area contributed by atoms with Crippen LogP contribution in [0.1, 0.15) is 6.92 Å². The van der Waals surface area contributed by atoms with Crippen molar-refractivity contribution < 1.29 is 19.1 Å². The van der Waals surface area contributed by atoms with Gasteiger partial charge in [0.05, 0.1) is 11.4 Å². The van der Waals surface area contributed by atoms with Crippen LogP contribution < -0.4 is 19.7 Å². The third-order valence-corrected chi connectivity index (χ3v) is 5.54. The lowest BCUT2D eigenvalue weighted by atomic mass is 10.1. The fourth-order valence-electron chi connectivity index (χ4n) is 2.97. The van der Waals surface area contributed by atoms with Crippen LogP contribution in [-0.2, 0) is 9.59 Å². The molecule has 3 aromatic rings. The van der Waals surface area contributed by atoms with Gasteiger partial charge >= 0.3 is 0 Å². The molecule has 2 amide bonds. The van der Waals surface area contributed by atoms with Crippen LogP contribution >= 0.6 is 22.9 Å². The molecule has 7 nitrogen and oxygen atoms in total. The summed E-state index contributed by atoms with van der Waals surface area (Å²) in [7, 11) is 1.72. The highest BCUT2D eigenvalue weighted by Crippen LogP contribution is 2.37. The highest BCUT2D eigenvalue weighted by atomic mass is 35.5. The Morgan fingerprint density at radius 1 is 1.30 bits per heavy atom. The molecule has 2 aromatic carbocycles. The molecule has 0 fully saturated rings. The van der Waals surface area contributed by atoms with Gasteiger partial charge in [-0.1, -0.05) is 11.6 Å². The van der Waals surface area contributed by atoms with E-state index < -0.39 is 6.10 Å². The van der Waals surface area contributed by atoms with Gasteiger partial charge < -0.3 is 14.4 Å². The quantitative estimate of drug-likeness (QED) is 0.638. The molecule has 154 valence electrons. The summed E-state index contributed by atoms with van der Waals surface area (Å²) in [6, 6.07) is 12.3. The molecule has 1 atom stereocenters. The summed E-state index contributed by atoms with van der Waals surface area (Å²) in [5.74, 6) is 0.783. The van der Waals surface area contributed by atoms with Crippen molar-refractivity contribution in [3.8, 4) is 22.8 Å². The molecule has 1 aromatic heterocycles. The van der Waals surface area contributed by atoms with E-state index in [1.807, 2.05) is 23.6 Å². The Kier molecular flexibility index (Phi) is 5.61. The van der Waals surface area contributed by atoms with Gasteiger partial charge in [0.1, 0.15) is 11.5 Å². The zero-order chi connectivity index (χ0) is 21.3. The van der Waals surface area contributed by atoms with Gasteiger partial charge in [-0.25, -0.2) is 4.98 Å². The van der Waals surface area contributed by atoms with Crippen LogP contribution in [0, 0.1) is 0 Å². The highest BCUT2D eigenvalue weighted by Gasteiger charge is 2.29. The molecule has 2 heterocycles. The number of thiazole rings is 1. The van der Waals surface area contributed by atoms with Crippen LogP contribution in [0.3, 0.4) is 0 Å². The number of carbonyl (C=O) groups excluding carboxylic acids is 2. The minimum absolute atomic E-state index is 0.105. The molecule has 0 radical (unpaired) electrons. The van der Waals surface area contributed by atoms with E-state index >= 15 is 0 Å². The highest BCUT2D eigenvalue weighted by molar-refractivity contribution is 7.14. The smallest absolute Gasteiger partial charge is 0.267 e. The molecule has 0 saturated heterocycles. The number of hydrogen-bond donors (Lipinski definition) is 1. The third kappa shape index (κ3) is 4.24. The first-order chi connectivity index (χ1) is 14.4. The van der Waals surface area contributed by atoms with E-state index in [0.717, 1.165) is 5.56 Å². The van der Waals surface area contributed by atoms with Crippen molar-refractivity contribution in [3.63, 3.8) is 0 Å². The molecule has 1 aliphatic heterocycles. The average Bonchev–Trinajstić information content (AvgIpc) is 3.20. The van der Waals surface area contributed by atoms with Crippen LogP contribution in [0.4, 0.5) is 10.8 Å². The maximum atomic E-state index is 12.2. The Balaban J connectivity index is 1.42. The zero-order valence-corrected chi connectivity index (χ0v) is 17.8. The minimum atomic E-state index is -0.510. The lowest BCUT2D eigenvalue weighted by Crippen LogP contribution is -2.41. The molecule has 1 aliphatic rings. The number of hydrogen-bond acceptors (Lipinski definition) is 6. The topological polar surface area (TPSA) is 80.8 Å². The minimum Gasteiger partial charge on any atom is -0.484 e. The van der Waals surface area contributed by atoms with Gasteiger partial charge in [0.15, 0.2) is 17.8 Å². The zero-order valence-electron chi connectivity index (χ0n) is 16.2. The van der Waals surface area contributed by atoms with Crippen LogP contribution in [0.5, 0.6) is 11.5 Å². The Hall–Kier alpha value is -3.10. The van der Waals surface area contributed by atoms with Crippen LogP contribution in [-0.4, -0.2) is 36.6 Å². The van der Waals surface area contributed by atoms with E-state index in [1.54, 1.807) is 43.1 Å². The number of fused-ring (bicyclic) bond motifs is 1. The summed E-state index contributed by atoms with van der Waals surface area (Å²) >= 11 is 7.13. The first kappa shape index (κ1) is 20.2. The average molecular weight is 444 g/mol. The SMILES string of the molecule is C[C@@H]1Oc2ccc(-c3csc(NC(=O)COc4ccc(Cl)cc4)n3)cc2N(C)C1=O. The Morgan fingerprint density at radius 3 is 2.83 bits per heavy atom. The number of likely N-dealkylation sites (N-methyl/N-ethyl adjacent to an activating group) is 1. The predicted molar refractivity (Wildman–Crippen MR) is 117 cm³/mol. The summed E-state index contributed by atoms with van der Waals surface area (Å²) < 4.78 is 11.1. The molecule has 0 spiro atoms. The lowest BCUT2D eigenvalue weighted by Gasteiger charge is -2.30. The molecule has 0 aliphatic carbocycles. The number of carbonyl (C=O) groups is 2. The van der Waals surface area contributed by atoms with Crippen molar-refractivity contribution in [2.45, 2.75) is 13.0 Å². The molecule has 4 rings (SSSR count). The second-order valence-corrected chi connectivity index (χ2v) is 7.96. The molecule has 0 saturated carbocycles. The summed E-state index contributed by atoms with van der Waals surface area (Å²) in [5, 5.41) is 5.62. The second kappa shape index (κ2) is 8.33. The monoisotopic (exact) mass is 443 g/mol. The molecule has 1 N–H and O–H groups in total. The molecule has 9 heteroatoms. The number of nitrogens with one attached hydrogen (secondary N) is 1. The third-order valence-electron chi connectivity index (χ3n) is 4.53. The normalized spacial score (nSPS) is 15.4. The number of benzene rings is 2. The van der Waals surface area contributed by atoms with Gasteiger partial charge in [-0.15, -0.1) is 11.3 Å². The number of ether oxygens (including phenoxy) is 2. The van der Waals surface area contributed by atoms with E-state index in [0.29, 0.717) is 33.0 Å². The van der Waals surface area contributed by atoms with Crippen LogP contribution in [0.15, 0.2) is 47.8 Å². The van der Waals surface area contributed by atoms with Gasteiger partial charge in [0.25, 0.3) is 11.8 Å². The van der Waals surface area contributed by atoms with E-state index in [2.05, 4.69) is 10.3 Å². The van der Waals surface area contributed by atoms with E-state index in [1.165, 1.54) is 11.3 Å². The summed E-state index contributed by atoms with van der Waals surface area (Å²) in [6.45, 7) is 1.58. The molecular formula is C21H18ClN3O4S. The summed E-state index contributed by atoms with van der Waals surface area (Å²) in [4.78, 5) is 30.4. The number of aromatic nitrogens is 1. The molecule has 30 heavy (non-hydrogen) atoms. The van der Waals surface area contributed by atoms with Crippen molar-refractivity contribution >= 4 is 45.6 Å². The van der Waals surface area contributed by atoms with Gasteiger partial charge in [-0.3, -0.25) is 14.9 Å². The van der Waals surface area contributed by atoms with Gasteiger partial charge in [0, 0.05) is 23.0 Å². The number of halogens is 1. The lowest BCUT2D eigenvalue weighted by molar-refractivity contribution is -0.125. The van der Waals surface area contributed by atoms with Crippen LogP contribution in [0.25, 0.3) is 11.3 Å². The maximum absolute atomic E-state index is 12.2. The fourth-order valence-corrected chi connectivity index (χ4v) is 3.83. The van der Waals surface area contributed by atoms with E-state index in [9.17, 15) is 9.59 Å². The first-order valence-corrected chi connectivity index (χ1v) is 10.4. The van der Waals surface area contributed by atoms with Crippen molar-refractivity contribution in [1.29, 1.82) is 0 Å². The largest absolute Gasteiger partial charge is 0.484 e. The predicted octanol–water partition coefficient (Wildman–Crippen LogP) is 4.22. The summed E-state index contributed by atoms with van der Waals surface area (Å²) in [5.41, 5.74) is 2.20. The molecule has 0 bridgehead atoms. The van der Waals surface area contributed by atoms with Gasteiger partial charge in [-0.05, 0) is 49.4 Å². The van der Waals surface area contributed by atoms with E-state index in [-0.39, 0.29) is 18.4 Å². The Morgan fingerprint density at radius 2 is 2.07 bits per heavy atom. The van der Waals surface area contributed by atoms with E-state index in [4.69, 9.17) is 21.1 Å². The van der Waals surface area contributed by atoms with Crippen molar-refractivity contribution in [2.75, 3.05) is 23.9 Å². The fraction of sp³-hybridized carbons (Fsp3) is 0.190. The molecule has 0 unspecified atom stereocenters. The van der Waals surface area contributed by atoms with Crippen molar-refractivity contribution in [3.05, 3.63) is 52.9 Å². The van der Waals surface area contributed by atoms with Crippen molar-refractivity contribution in [1.82, 2.24) is 4.98 Å². The summed E-state index contributed by atoms with van der Waals surface area (Å²) in [6.07, 6.45) is -0.510.